The number of benzene rings is 2. The topological polar surface area (TPSA) is 96.0 Å². The molecule has 0 radical (unpaired) electrons. The van der Waals surface area contributed by atoms with E-state index in [1.54, 1.807) is 31.2 Å². The van der Waals surface area contributed by atoms with E-state index in [-0.39, 0.29) is 16.1 Å². The van der Waals surface area contributed by atoms with Crippen LogP contribution in [0.4, 0.5) is 11.4 Å². The maximum atomic E-state index is 12.3. The summed E-state index contributed by atoms with van der Waals surface area (Å²) in [6.07, 6.45) is 0. The van der Waals surface area contributed by atoms with Crippen LogP contribution in [0.25, 0.3) is 0 Å². The van der Waals surface area contributed by atoms with Gasteiger partial charge in [-0.3, -0.25) is 4.72 Å². The van der Waals surface area contributed by atoms with Gasteiger partial charge in [0.15, 0.2) is 0 Å². The van der Waals surface area contributed by atoms with Crippen LogP contribution in [-0.2, 0) is 10.0 Å². The molecule has 6 heteroatoms. The van der Waals surface area contributed by atoms with Crippen molar-refractivity contribution in [1.29, 1.82) is 5.26 Å². The number of para-hydroxylation sites is 1. The normalized spacial score (nSPS) is 10.8. The first-order chi connectivity index (χ1) is 9.42. The number of nitrogens with one attached hydrogen (secondary N) is 1. The number of anilines is 2. The largest absolute Gasteiger partial charge is 0.399 e. The van der Waals surface area contributed by atoms with Crippen LogP contribution < -0.4 is 10.5 Å². The Morgan fingerprint density at radius 3 is 2.55 bits per heavy atom. The first kappa shape index (κ1) is 13.9. The van der Waals surface area contributed by atoms with Crippen molar-refractivity contribution in [1.82, 2.24) is 0 Å². The molecule has 0 aliphatic carbocycles. The van der Waals surface area contributed by atoms with Crippen LogP contribution in [0.15, 0.2) is 47.4 Å². The van der Waals surface area contributed by atoms with Gasteiger partial charge in [0.1, 0.15) is 6.07 Å². The lowest BCUT2D eigenvalue weighted by Gasteiger charge is -2.10. The molecule has 0 saturated heterocycles. The molecule has 0 aliphatic heterocycles. The molecule has 0 saturated carbocycles. The van der Waals surface area contributed by atoms with Gasteiger partial charge in [-0.05, 0) is 42.8 Å². The number of rotatable bonds is 3. The zero-order valence-electron chi connectivity index (χ0n) is 10.8. The van der Waals surface area contributed by atoms with Gasteiger partial charge >= 0.3 is 0 Å². The van der Waals surface area contributed by atoms with E-state index >= 15 is 0 Å². The third-order valence-electron chi connectivity index (χ3n) is 2.68. The quantitative estimate of drug-likeness (QED) is 0.846. The Morgan fingerprint density at radius 2 is 1.90 bits per heavy atom. The van der Waals surface area contributed by atoms with Gasteiger partial charge in [0.25, 0.3) is 10.0 Å². The molecule has 102 valence electrons. The van der Waals surface area contributed by atoms with Crippen LogP contribution in [0.2, 0.25) is 0 Å². The van der Waals surface area contributed by atoms with Crippen molar-refractivity contribution in [3.8, 4) is 6.07 Å². The number of aryl methyl sites for hydroxylation is 1. The van der Waals surface area contributed by atoms with Crippen LogP contribution in [0.3, 0.4) is 0 Å². The molecule has 0 fully saturated rings. The molecule has 0 atom stereocenters. The lowest BCUT2D eigenvalue weighted by Crippen LogP contribution is -2.14. The zero-order valence-corrected chi connectivity index (χ0v) is 11.6. The summed E-state index contributed by atoms with van der Waals surface area (Å²) in [5.74, 6) is 0. The Kier molecular flexibility index (Phi) is 3.63. The Morgan fingerprint density at radius 1 is 1.20 bits per heavy atom. The van der Waals surface area contributed by atoms with Gasteiger partial charge in [0.05, 0.1) is 16.1 Å². The molecule has 0 aliphatic rings. The predicted octanol–water partition coefficient (Wildman–Crippen LogP) is 2.25. The first-order valence-corrected chi connectivity index (χ1v) is 7.30. The van der Waals surface area contributed by atoms with E-state index < -0.39 is 10.0 Å². The summed E-state index contributed by atoms with van der Waals surface area (Å²) in [7, 11) is -3.77. The lowest BCUT2D eigenvalue weighted by molar-refractivity contribution is 0.601. The Labute approximate surface area is 117 Å². The van der Waals surface area contributed by atoms with Crippen LogP contribution in [0.1, 0.15) is 11.1 Å². The number of nitrogen functional groups attached to an aromatic ring is 1. The Bertz CT molecular complexity index is 772. The highest BCUT2D eigenvalue weighted by Gasteiger charge is 2.16. The first-order valence-electron chi connectivity index (χ1n) is 5.81. The highest BCUT2D eigenvalue weighted by Crippen LogP contribution is 2.21. The lowest BCUT2D eigenvalue weighted by atomic mass is 10.2. The minimum atomic E-state index is -3.77. The molecule has 0 spiro atoms. The Balaban J connectivity index is 2.44. The van der Waals surface area contributed by atoms with Gasteiger partial charge in [-0.15, -0.1) is 0 Å². The van der Waals surface area contributed by atoms with Crippen LogP contribution in [0.5, 0.6) is 0 Å². The van der Waals surface area contributed by atoms with Crippen molar-refractivity contribution in [3.63, 3.8) is 0 Å². The highest BCUT2D eigenvalue weighted by molar-refractivity contribution is 7.92. The molecule has 20 heavy (non-hydrogen) atoms. The molecule has 3 N–H and O–H groups in total. The minimum absolute atomic E-state index is 0.0720. The maximum absolute atomic E-state index is 12.3. The fourth-order valence-corrected chi connectivity index (χ4v) is 3.02. The standard InChI is InChI=1S/C14H13N3O2S/c1-10-6-12(16)8-13(7-10)20(18,19)17-14-5-3-2-4-11(14)9-15/h2-8,17H,16H2,1H3. The SMILES string of the molecule is Cc1cc(N)cc(S(=O)(=O)Nc2ccccc2C#N)c1. The average molecular weight is 287 g/mol. The van der Waals surface area contributed by atoms with E-state index in [2.05, 4.69) is 4.72 Å². The number of hydrogen-bond donors (Lipinski definition) is 2. The van der Waals surface area contributed by atoms with Crippen molar-refractivity contribution in [2.24, 2.45) is 0 Å². The Hall–Kier alpha value is -2.52. The number of nitrogens with zero attached hydrogens (tertiary/aromatic N) is 1. The van der Waals surface area contributed by atoms with Crippen molar-refractivity contribution in [2.45, 2.75) is 11.8 Å². The molecule has 0 bridgehead atoms. The van der Waals surface area contributed by atoms with Gasteiger partial charge in [0.2, 0.25) is 0 Å². The van der Waals surface area contributed by atoms with Crippen molar-refractivity contribution in [3.05, 3.63) is 53.6 Å². The second-order valence-corrected chi connectivity index (χ2v) is 6.02. The summed E-state index contributed by atoms with van der Waals surface area (Å²) in [6.45, 7) is 1.76. The van der Waals surface area contributed by atoms with Crippen molar-refractivity contribution >= 4 is 21.4 Å². The van der Waals surface area contributed by atoms with Gasteiger partial charge in [-0.25, -0.2) is 8.42 Å². The van der Waals surface area contributed by atoms with Crippen molar-refractivity contribution < 1.29 is 8.42 Å². The summed E-state index contributed by atoms with van der Waals surface area (Å²) in [5.41, 5.74) is 7.29. The number of nitriles is 1. The van der Waals surface area contributed by atoms with E-state index in [0.717, 1.165) is 5.56 Å². The van der Waals surface area contributed by atoms with Gasteiger partial charge in [-0.2, -0.15) is 5.26 Å². The smallest absolute Gasteiger partial charge is 0.262 e. The fraction of sp³-hybridized carbons (Fsp3) is 0.0714. The van der Waals surface area contributed by atoms with E-state index in [1.807, 2.05) is 6.07 Å². The summed E-state index contributed by atoms with van der Waals surface area (Å²) in [5, 5.41) is 8.97. The molecule has 5 nitrogen and oxygen atoms in total. The second-order valence-electron chi connectivity index (χ2n) is 4.34. The van der Waals surface area contributed by atoms with Gasteiger partial charge < -0.3 is 5.73 Å². The second kappa shape index (κ2) is 5.23. The number of hydrogen-bond acceptors (Lipinski definition) is 4. The zero-order chi connectivity index (χ0) is 14.8. The summed E-state index contributed by atoms with van der Waals surface area (Å²) in [4.78, 5) is 0.0720. The third-order valence-corrected chi connectivity index (χ3v) is 4.02. The highest BCUT2D eigenvalue weighted by atomic mass is 32.2. The van der Waals surface area contributed by atoms with Crippen LogP contribution in [0, 0.1) is 18.3 Å². The molecule has 2 aromatic carbocycles. The number of nitrogens with two attached hydrogens (primary N) is 1. The van der Waals surface area contributed by atoms with Crippen molar-refractivity contribution in [2.75, 3.05) is 10.5 Å². The third kappa shape index (κ3) is 2.90. The maximum Gasteiger partial charge on any atom is 0.262 e. The molecule has 0 aromatic heterocycles. The van der Waals surface area contributed by atoms with E-state index in [9.17, 15) is 8.42 Å². The van der Waals surface area contributed by atoms with E-state index in [4.69, 9.17) is 11.0 Å². The van der Waals surface area contributed by atoms with Crippen LogP contribution >= 0.6 is 0 Å². The summed E-state index contributed by atoms with van der Waals surface area (Å²) in [6, 6.07) is 12.9. The summed E-state index contributed by atoms with van der Waals surface area (Å²) < 4.78 is 27.0. The molecular formula is C14H13N3O2S. The predicted molar refractivity (Wildman–Crippen MR) is 77.6 cm³/mol. The molecule has 0 unspecified atom stereocenters. The molecule has 2 rings (SSSR count). The molecular weight excluding hydrogens is 274 g/mol. The monoisotopic (exact) mass is 287 g/mol. The minimum Gasteiger partial charge on any atom is -0.399 e. The van der Waals surface area contributed by atoms with Crippen LogP contribution in [-0.4, -0.2) is 8.42 Å². The number of sulfonamides is 1. The average Bonchev–Trinajstić information content (AvgIpc) is 2.38. The van der Waals surface area contributed by atoms with Gasteiger partial charge in [-0.1, -0.05) is 12.1 Å². The van der Waals surface area contributed by atoms with E-state index in [0.29, 0.717) is 5.69 Å². The van der Waals surface area contributed by atoms with E-state index in [1.165, 1.54) is 18.2 Å². The molecule has 2 aromatic rings. The summed E-state index contributed by atoms with van der Waals surface area (Å²) >= 11 is 0. The molecule has 0 heterocycles. The fourth-order valence-electron chi connectivity index (χ4n) is 1.80. The van der Waals surface area contributed by atoms with Gasteiger partial charge in [0, 0.05) is 5.69 Å². The molecule has 0 amide bonds.